The van der Waals surface area contributed by atoms with E-state index in [1.165, 1.54) is 205 Å². The van der Waals surface area contributed by atoms with Crippen LogP contribution in [0.2, 0.25) is 0 Å². The molecule has 1 amide bonds. The minimum absolute atomic E-state index is 0.0267. The predicted molar refractivity (Wildman–Crippen MR) is 212 cm³/mol. The topological polar surface area (TPSA) is 69.6 Å². The standard InChI is InChI=1S/C44H89NO3/c1-3-5-7-9-11-13-15-16-17-18-19-20-21-22-23-24-25-26-27-28-30-32-34-36-38-40-44(48)45-42(41-46)43(47)39-37-35-33-31-29-14-12-10-8-6-4-2/h42-43,46-47H,3-41H2,1-2H3,(H,45,48)/t42-,43+/m0/s1. The molecule has 0 aromatic heterocycles. The second-order valence-electron chi connectivity index (χ2n) is 15.5. The first kappa shape index (κ1) is 47.4. The molecule has 3 N–H and O–H groups in total. The van der Waals surface area contributed by atoms with Gasteiger partial charge in [-0.25, -0.2) is 0 Å². The fourth-order valence-corrected chi connectivity index (χ4v) is 7.19. The van der Waals surface area contributed by atoms with Crippen molar-refractivity contribution in [3.8, 4) is 0 Å². The maximum atomic E-state index is 12.4. The first-order chi connectivity index (χ1) is 23.7. The van der Waals surface area contributed by atoms with Crippen LogP contribution in [0.4, 0.5) is 0 Å². The van der Waals surface area contributed by atoms with Crippen LogP contribution >= 0.6 is 0 Å². The molecule has 0 heterocycles. The van der Waals surface area contributed by atoms with E-state index in [0.29, 0.717) is 12.8 Å². The van der Waals surface area contributed by atoms with Gasteiger partial charge in [-0.2, -0.15) is 0 Å². The fourth-order valence-electron chi connectivity index (χ4n) is 7.19. The average Bonchev–Trinajstić information content (AvgIpc) is 3.09. The zero-order valence-electron chi connectivity index (χ0n) is 33.0. The van der Waals surface area contributed by atoms with Crippen LogP contribution < -0.4 is 5.32 Å². The lowest BCUT2D eigenvalue weighted by Gasteiger charge is -2.22. The van der Waals surface area contributed by atoms with Gasteiger partial charge in [0.05, 0.1) is 18.8 Å². The number of nitrogens with one attached hydrogen (secondary N) is 1. The van der Waals surface area contributed by atoms with Crippen LogP contribution in [0.25, 0.3) is 0 Å². The van der Waals surface area contributed by atoms with E-state index in [0.717, 1.165) is 25.7 Å². The van der Waals surface area contributed by atoms with Gasteiger partial charge in [-0.1, -0.05) is 239 Å². The highest BCUT2D eigenvalue weighted by Crippen LogP contribution is 2.17. The van der Waals surface area contributed by atoms with Crippen LogP contribution in [0.15, 0.2) is 0 Å². The van der Waals surface area contributed by atoms with Crippen molar-refractivity contribution >= 4 is 5.91 Å². The Morgan fingerprint density at radius 3 is 0.938 bits per heavy atom. The third kappa shape index (κ3) is 36.7. The Labute approximate surface area is 302 Å². The average molecular weight is 680 g/mol. The lowest BCUT2D eigenvalue weighted by Crippen LogP contribution is -2.45. The quantitative estimate of drug-likeness (QED) is 0.0563. The lowest BCUT2D eigenvalue weighted by atomic mass is 10.0. The van der Waals surface area contributed by atoms with Crippen molar-refractivity contribution in [1.82, 2.24) is 5.32 Å². The molecule has 288 valence electrons. The number of rotatable bonds is 41. The Morgan fingerprint density at radius 2 is 0.667 bits per heavy atom. The van der Waals surface area contributed by atoms with E-state index in [9.17, 15) is 15.0 Å². The maximum Gasteiger partial charge on any atom is 0.220 e. The summed E-state index contributed by atoms with van der Waals surface area (Å²) in [6, 6.07) is -0.528. The van der Waals surface area contributed by atoms with Crippen molar-refractivity contribution in [3.63, 3.8) is 0 Å². The molecule has 0 aromatic rings. The number of hydrogen-bond donors (Lipinski definition) is 3. The van der Waals surface area contributed by atoms with Gasteiger partial charge in [0, 0.05) is 6.42 Å². The van der Waals surface area contributed by atoms with Crippen LogP contribution in [0.3, 0.4) is 0 Å². The van der Waals surface area contributed by atoms with Crippen LogP contribution in [0.5, 0.6) is 0 Å². The van der Waals surface area contributed by atoms with E-state index in [1.807, 2.05) is 0 Å². The fraction of sp³-hybridized carbons (Fsp3) is 0.977. The number of aliphatic hydroxyl groups is 2. The summed E-state index contributed by atoms with van der Waals surface area (Å²) in [6.07, 6.45) is 49.1. The van der Waals surface area contributed by atoms with Crippen molar-refractivity contribution in [1.29, 1.82) is 0 Å². The molecule has 0 aliphatic rings. The van der Waals surface area contributed by atoms with Gasteiger partial charge in [0.15, 0.2) is 0 Å². The minimum Gasteiger partial charge on any atom is -0.394 e. The van der Waals surface area contributed by atoms with Crippen LogP contribution in [0.1, 0.15) is 258 Å². The molecule has 0 saturated heterocycles. The van der Waals surface area contributed by atoms with Crippen molar-refractivity contribution in [2.24, 2.45) is 0 Å². The Hall–Kier alpha value is -0.610. The molecule has 0 fully saturated rings. The van der Waals surface area contributed by atoms with Crippen molar-refractivity contribution in [3.05, 3.63) is 0 Å². The van der Waals surface area contributed by atoms with Crippen LogP contribution in [-0.2, 0) is 4.79 Å². The molecule has 0 aliphatic carbocycles. The lowest BCUT2D eigenvalue weighted by molar-refractivity contribution is -0.123. The van der Waals surface area contributed by atoms with Crippen molar-refractivity contribution < 1.29 is 15.0 Å². The second-order valence-corrected chi connectivity index (χ2v) is 15.5. The summed E-state index contributed by atoms with van der Waals surface area (Å²) < 4.78 is 0. The molecule has 4 heteroatoms. The van der Waals surface area contributed by atoms with Crippen molar-refractivity contribution in [2.45, 2.75) is 270 Å². The Kier molecular flexibility index (Phi) is 40.3. The number of aliphatic hydroxyl groups excluding tert-OH is 2. The molecule has 0 spiro atoms. The Morgan fingerprint density at radius 1 is 0.417 bits per heavy atom. The molecule has 0 rings (SSSR count). The highest BCUT2D eigenvalue weighted by molar-refractivity contribution is 5.76. The van der Waals surface area contributed by atoms with E-state index in [4.69, 9.17) is 0 Å². The molecule has 0 unspecified atom stereocenters. The van der Waals surface area contributed by atoms with E-state index < -0.39 is 12.1 Å². The molecule has 48 heavy (non-hydrogen) atoms. The second kappa shape index (κ2) is 40.8. The van der Waals surface area contributed by atoms with Gasteiger partial charge >= 0.3 is 0 Å². The van der Waals surface area contributed by atoms with Crippen LogP contribution in [0, 0.1) is 0 Å². The molecule has 0 radical (unpaired) electrons. The predicted octanol–water partition coefficient (Wildman–Crippen LogP) is 13.7. The van der Waals surface area contributed by atoms with E-state index >= 15 is 0 Å². The molecule has 0 bridgehead atoms. The highest BCUT2D eigenvalue weighted by atomic mass is 16.3. The van der Waals surface area contributed by atoms with Crippen molar-refractivity contribution in [2.75, 3.05) is 6.61 Å². The zero-order valence-corrected chi connectivity index (χ0v) is 33.0. The SMILES string of the molecule is CCCCCCCCCCCCCCCCCCCCCCCCCCCC(=O)N[C@@H](CO)[C@H](O)CCCCCCCCCCCCC. The first-order valence-corrected chi connectivity index (χ1v) is 22.2. The molecule has 0 aromatic carbocycles. The third-order valence-electron chi connectivity index (χ3n) is 10.6. The summed E-state index contributed by atoms with van der Waals surface area (Å²) in [4.78, 5) is 12.4. The highest BCUT2D eigenvalue weighted by Gasteiger charge is 2.20. The summed E-state index contributed by atoms with van der Waals surface area (Å²) in [5.41, 5.74) is 0. The summed E-state index contributed by atoms with van der Waals surface area (Å²) in [5.74, 6) is -0.0267. The molecule has 0 aliphatic heterocycles. The Balaban J connectivity index is 3.40. The summed E-state index contributed by atoms with van der Waals surface area (Å²) >= 11 is 0. The normalized spacial score (nSPS) is 12.8. The van der Waals surface area contributed by atoms with Gasteiger partial charge in [0.1, 0.15) is 0 Å². The van der Waals surface area contributed by atoms with Crippen LogP contribution in [-0.4, -0.2) is 34.9 Å². The Bertz CT molecular complexity index is 612. The van der Waals surface area contributed by atoms with Gasteiger partial charge < -0.3 is 15.5 Å². The summed E-state index contributed by atoms with van der Waals surface area (Å²) in [7, 11) is 0. The number of carbonyl (C=O) groups excluding carboxylic acids is 1. The molecular weight excluding hydrogens is 590 g/mol. The molecule has 0 saturated carbocycles. The molecule has 4 nitrogen and oxygen atoms in total. The summed E-state index contributed by atoms with van der Waals surface area (Å²) in [6.45, 7) is 4.37. The first-order valence-electron chi connectivity index (χ1n) is 22.2. The van der Waals surface area contributed by atoms with Gasteiger partial charge in [-0.15, -0.1) is 0 Å². The number of hydrogen-bond acceptors (Lipinski definition) is 3. The smallest absolute Gasteiger partial charge is 0.220 e. The third-order valence-corrected chi connectivity index (χ3v) is 10.6. The number of unbranched alkanes of at least 4 members (excludes halogenated alkanes) is 34. The van der Waals surface area contributed by atoms with E-state index in [-0.39, 0.29) is 12.5 Å². The van der Waals surface area contributed by atoms with Gasteiger partial charge in [-0.05, 0) is 12.8 Å². The number of carbonyl (C=O) groups is 1. The maximum absolute atomic E-state index is 12.4. The van der Waals surface area contributed by atoms with Gasteiger partial charge in [-0.3, -0.25) is 4.79 Å². The van der Waals surface area contributed by atoms with E-state index in [1.54, 1.807) is 0 Å². The summed E-state index contributed by atoms with van der Waals surface area (Å²) in [5, 5.41) is 23.1. The molecular formula is C44H89NO3. The van der Waals surface area contributed by atoms with E-state index in [2.05, 4.69) is 19.2 Å². The number of amides is 1. The minimum atomic E-state index is -0.651. The monoisotopic (exact) mass is 680 g/mol. The zero-order chi connectivity index (χ0) is 35.0. The van der Waals surface area contributed by atoms with Gasteiger partial charge in [0.2, 0.25) is 5.91 Å². The van der Waals surface area contributed by atoms with Gasteiger partial charge in [0.25, 0.3) is 0 Å². The largest absolute Gasteiger partial charge is 0.394 e. The molecule has 2 atom stereocenters.